The molecular weight excluding hydrogens is 973 g/mol. The predicted octanol–water partition coefficient (Wildman–Crippen LogP) is 6.48. The number of hydrogen-bond donors (Lipinski definition) is 4. The van der Waals surface area contributed by atoms with Gasteiger partial charge in [0.25, 0.3) is 0 Å². The molecule has 5 aromatic rings. The number of nitrogens with zero attached hydrogens (tertiary/aromatic N) is 10. The van der Waals surface area contributed by atoms with Gasteiger partial charge in [-0.15, -0.1) is 0 Å². The summed E-state index contributed by atoms with van der Waals surface area (Å²) in [6, 6.07) is 10.8. The Labute approximate surface area is 425 Å². The average molecular weight is 1040 g/mol. The quantitative estimate of drug-likeness (QED) is 0.0928. The fourth-order valence-electron chi connectivity index (χ4n) is 9.92. The van der Waals surface area contributed by atoms with Gasteiger partial charge < -0.3 is 25.2 Å². The lowest BCUT2D eigenvalue weighted by Crippen LogP contribution is -2.44. The monoisotopic (exact) mass is 1030 g/mol. The molecular formula is C50H62N14O7S2. The molecule has 2 aliphatic heterocycles. The smallest absolute Gasteiger partial charge is 0.324 e. The summed E-state index contributed by atoms with van der Waals surface area (Å²) in [6.45, 7) is 7.00. The molecule has 386 valence electrons. The van der Waals surface area contributed by atoms with Crippen LogP contribution in [0.15, 0.2) is 61.2 Å². The second-order valence-corrected chi connectivity index (χ2v) is 25.8. The van der Waals surface area contributed by atoms with E-state index in [2.05, 4.69) is 60.0 Å². The van der Waals surface area contributed by atoms with Crippen LogP contribution in [-0.4, -0.2) is 124 Å². The molecule has 0 aromatic carbocycles. The number of nitrogens with one attached hydrogen (secondary N) is 4. The van der Waals surface area contributed by atoms with E-state index in [4.69, 9.17) is 24.7 Å². The summed E-state index contributed by atoms with van der Waals surface area (Å²) in [5.41, 5.74) is 3.08. The molecule has 2 atom stereocenters. The van der Waals surface area contributed by atoms with E-state index in [9.17, 15) is 26.4 Å². The van der Waals surface area contributed by atoms with Crippen molar-refractivity contribution in [2.45, 2.75) is 135 Å². The van der Waals surface area contributed by atoms with Gasteiger partial charge in [-0.05, 0) is 122 Å². The van der Waals surface area contributed by atoms with E-state index >= 15 is 0 Å². The van der Waals surface area contributed by atoms with Crippen LogP contribution in [0.2, 0.25) is 0 Å². The van der Waals surface area contributed by atoms with Crippen LogP contribution in [0.1, 0.15) is 109 Å². The van der Waals surface area contributed by atoms with Gasteiger partial charge in [0.2, 0.25) is 0 Å². The third-order valence-electron chi connectivity index (χ3n) is 14.9. The predicted molar refractivity (Wildman–Crippen MR) is 276 cm³/mol. The van der Waals surface area contributed by atoms with Gasteiger partial charge in [-0.2, -0.15) is 5.10 Å². The lowest BCUT2D eigenvalue weighted by molar-refractivity contribution is 0.0985. The number of ether oxygens (including phenoxy) is 1. The van der Waals surface area contributed by atoms with Crippen LogP contribution in [0.5, 0.6) is 0 Å². The zero-order valence-electron chi connectivity index (χ0n) is 41.3. The van der Waals surface area contributed by atoms with E-state index in [1.807, 2.05) is 12.1 Å². The van der Waals surface area contributed by atoms with Crippen molar-refractivity contribution in [3.05, 3.63) is 72.6 Å². The molecule has 21 nitrogen and oxygen atoms in total. The summed E-state index contributed by atoms with van der Waals surface area (Å²) < 4.78 is 58.9. The number of carbonyl (C=O) groups is 2. The van der Waals surface area contributed by atoms with Crippen LogP contribution < -0.4 is 31.1 Å². The van der Waals surface area contributed by atoms with E-state index in [1.165, 1.54) is 6.42 Å². The minimum atomic E-state index is -3.30. The molecule has 5 aromatic heterocycles. The molecule has 2 unspecified atom stereocenters. The number of sulfone groups is 2. The van der Waals surface area contributed by atoms with Gasteiger partial charge in [0, 0.05) is 74.1 Å². The molecule has 23 heteroatoms. The maximum atomic E-state index is 13.4. The van der Waals surface area contributed by atoms with Gasteiger partial charge in [-0.3, -0.25) is 15.3 Å². The van der Waals surface area contributed by atoms with Crippen molar-refractivity contribution in [2.24, 2.45) is 7.05 Å². The van der Waals surface area contributed by atoms with E-state index in [-0.39, 0.29) is 28.6 Å². The van der Waals surface area contributed by atoms with Crippen LogP contribution in [0, 0.1) is 0 Å². The Hall–Kier alpha value is -6.33. The second-order valence-electron chi connectivity index (χ2n) is 20.7. The Morgan fingerprint density at radius 1 is 0.644 bits per heavy atom. The van der Waals surface area contributed by atoms with Crippen LogP contribution in [0.25, 0.3) is 22.8 Å². The third-order valence-corrected chi connectivity index (χ3v) is 21.1. The first kappa shape index (κ1) is 48.9. The molecule has 5 aliphatic carbocycles. The van der Waals surface area contributed by atoms with Crippen LogP contribution in [-0.2, 0) is 41.0 Å². The van der Waals surface area contributed by atoms with Gasteiger partial charge in [-0.25, -0.2) is 56.3 Å². The maximum absolute atomic E-state index is 13.4. The molecule has 4 N–H and O–H groups in total. The third kappa shape index (κ3) is 10.2. The highest BCUT2D eigenvalue weighted by Gasteiger charge is 2.63. The van der Waals surface area contributed by atoms with Crippen molar-refractivity contribution >= 4 is 60.7 Å². The molecule has 0 radical (unpaired) electrons. The standard InChI is InChI=1S/C26H32N8O3S.C24H30N6O4S/c1-17-5-3-4-12-34(17)23-13-21(26(10-11-26)38(36,37)20-7-8-20)30-24(32-23)18-6-9-22(27-14-18)31-25(35)29-19-15-28-33(2)16-19;1-15-14-34-11-10-30(15)21-12-19(24(8-9-24)35(32,33)18-5-6-18)27-22(29-21)16-2-7-20(25-13-16)28-23(31)26-17-3-4-17/h6,9,13-17,20H,3-5,7-8,10-12H2,1-2H3,(H2,27,29,31,35);2,7,12-13,15,17-18H,3-6,8-11,14H2,1H3,(H2,25,26,28,31). The van der Waals surface area contributed by atoms with Crippen molar-refractivity contribution in [3.63, 3.8) is 0 Å². The summed E-state index contributed by atoms with van der Waals surface area (Å²) in [5, 5.41) is 14.6. The van der Waals surface area contributed by atoms with Gasteiger partial charge in [0.1, 0.15) is 32.8 Å². The number of aromatic nitrogens is 8. The molecule has 2 saturated heterocycles. The number of rotatable bonds is 14. The fourth-order valence-corrected chi connectivity index (χ4v) is 14.8. The van der Waals surface area contributed by atoms with Crippen molar-refractivity contribution in [1.82, 2.24) is 45.0 Å². The molecule has 73 heavy (non-hydrogen) atoms. The topological polar surface area (TPSA) is 261 Å². The van der Waals surface area contributed by atoms with Gasteiger partial charge in [-0.1, -0.05) is 0 Å². The minimum Gasteiger partial charge on any atom is -0.377 e. The summed E-state index contributed by atoms with van der Waals surface area (Å²) in [7, 11) is -4.82. The van der Waals surface area contributed by atoms with Gasteiger partial charge >= 0.3 is 12.1 Å². The van der Waals surface area contributed by atoms with E-state index in [0.717, 1.165) is 63.7 Å². The SMILES string of the molecule is CC1CCCCN1c1cc(C2(S(=O)(=O)C3CC3)CC2)nc(-c2ccc(NC(=O)Nc3cnn(C)c3)nc2)n1.CC1COCCN1c1cc(C2(S(=O)(=O)C3CC3)CC2)nc(-c2ccc(NC(=O)NC3CC3)nc2)n1. The Bertz CT molecular complexity index is 3120. The number of anilines is 5. The zero-order chi connectivity index (χ0) is 50.7. The van der Waals surface area contributed by atoms with Crippen molar-refractivity contribution in [1.29, 1.82) is 0 Å². The highest BCUT2D eigenvalue weighted by atomic mass is 32.2. The van der Waals surface area contributed by atoms with Crippen molar-refractivity contribution < 1.29 is 31.2 Å². The van der Waals surface area contributed by atoms with Gasteiger partial charge in [0.15, 0.2) is 31.3 Å². The first-order valence-corrected chi connectivity index (χ1v) is 28.6. The molecule has 5 saturated carbocycles. The number of aryl methyl sites for hydroxylation is 1. The number of piperidine rings is 1. The highest BCUT2D eigenvalue weighted by Crippen LogP contribution is 2.58. The molecule has 0 bridgehead atoms. The number of hydrogen-bond acceptors (Lipinski definition) is 16. The zero-order valence-corrected chi connectivity index (χ0v) is 43.0. The first-order valence-electron chi connectivity index (χ1n) is 25.5. The number of morpholine rings is 1. The largest absolute Gasteiger partial charge is 0.377 e. The number of carbonyl (C=O) groups excluding carboxylic acids is 2. The molecule has 7 heterocycles. The van der Waals surface area contributed by atoms with E-state index in [1.54, 1.807) is 60.8 Å². The molecule has 7 aliphatic rings. The Kier molecular flexibility index (Phi) is 12.8. The van der Waals surface area contributed by atoms with E-state index < -0.39 is 35.2 Å². The number of pyridine rings is 2. The van der Waals surface area contributed by atoms with Gasteiger partial charge in [0.05, 0.1) is 53.0 Å². The Balaban J connectivity index is 0.000000158. The number of amides is 4. The van der Waals surface area contributed by atoms with Crippen molar-refractivity contribution in [2.75, 3.05) is 52.1 Å². The summed E-state index contributed by atoms with van der Waals surface area (Å²) in [5.74, 6) is 3.17. The van der Waals surface area contributed by atoms with E-state index in [0.29, 0.717) is 109 Å². The van der Waals surface area contributed by atoms with Crippen LogP contribution in [0.3, 0.4) is 0 Å². The average Bonchev–Trinajstić information content (AvgIpc) is 4.16. The maximum Gasteiger partial charge on any atom is 0.324 e. The highest BCUT2D eigenvalue weighted by molar-refractivity contribution is 7.93. The van der Waals surface area contributed by atoms with Crippen LogP contribution in [0.4, 0.5) is 38.5 Å². The molecule has 12 rings (SSSR count). The Morgan fingerprint density at radius 2 is 1.19 bits per heavy atom. The lowest BCUT2D eigenvalue weighted by atomic mass is 10.0. The summed E-state index contributed by atoms with van der Waals surface area (Å²) >= 11 is 0. The molecule has 0 spiro atoms. The summed E-state index contributed by atoms with van der Waals surface area (Å²) in [6.07, 6.45) is 17.2. The number of urea groups is 2. The normalized spacial score (nSPS) is 22.1. The Morgan fingerprint density at radius 3 is 1.64 bits per heavy atom. The molecule has 7 fully saturated rings. The molecule has 4 amide bonds. The minimum absolute atomic E-state index is 0.115. The van der Waals surface area contributed by atoms with Crippen molar-refractivity contribution in [3.8, 4) is 22.8 Å². The first-order chi connectivity index (χ1) is 35.1. The fraction of sp³-hybridized carbons (Fsp3) is 0.540. The van der Waals surface area contributed by atoms with Crippen LogP contribution >= 0.6 is 0 Å². The lowest BCUT2D eigenvalue weighted by Gasteiger charge is -2.35. The second kappa shape index (κ2) is 19.2. The summed E-state index contributed by atoms with van der Waals surface area (Å²) in [4.78, 5) is 56.8.